The van der Waals surface area contributed by atoms with E-state index in [1.54, 1.807) is 18.3 Å². The second-order valence-corrected chi connectivity index (χ2v) is 6.63. The lowest BCUT2D eigenvalue weighted by Gasteiger charge is -2.15. The summed E-state index contributed by atoms with van der Waals surface area (Å²) in [6.07, 6.45) is 2.68. The van der Waals surface area contributed by atoms with E-state index in [-0.39, 0.29) is 12.0 Å². The molecule has 6 nitrogen and oxygen atoms in total. The maximum absolute atomic E-state index is 12.6. The van der Waals surface area contributed by atoms with Gasteiger partial charge in [0.2, 0.25) is 0 Å². The molecule has 0 unspecified atom stereocenters. The predicted octanol–water partition coefficient (Wildman–Crippen LogP) is 3.48. The number of aromatic nitrogens is 1. The molecule has 2 aromatic rings. The standard InChI is InChI=1S/C20H28N4O2/c1-15(2)26-18-9-6-5-8-17(18)23-20(25)16-10-12-22-19(14-16)21-11-7-13-24(3)4/h5-6,8-10,12,14-15H,7,11,13H2,1-4H3,(H,21,22)(H,23,25). The summed E-state index contributed by atoms with van der Waals surface area (Å²) < 4.78 is 5.75. The SMILES string of the molecule is CC(C)Oc1ccccc1NC(=O)c1ccnc(NCCCN(C)C)c1. The highest BCUT2D eigenvalue weighted by Gasteiger charge is 2.11. The molecular weight excluding hydrogens is 328 g/mol. The summed E-state index contributed by atoms with van der Waals surface area (Å²) in [4.78, 5) is 19.0. The number of nitrogens with zero attached hydrogens (tertiary/aromatic N) is 2. The van der Waals surface area contributed by atoms with Crippen molar-refractivity contribution in [2.75, 3.05) is 37.8 Å². The van der Waals surface area contributed by atoms with Crippen molar-refractivity contribution in [3.05, 3.63) is 48.2 Å². The topological polar surface area (TPSA) is 66.5 Å². The zero-order chi connectivity index (χ0) is 18.9. The van der Waals surface area contributed by atoms with Crippen molar-refractivity contribution in [3.8, 4) is 5.75 Å². The van der Waals surface area contributed by atoms with Crippen LogP contribution in [-0.4, -0.2) is 49.1 Å². The normalized spacial score (nSPS) is 10.8. The van der Waals surface area contributed by atoms with Crippen molar-refractivity contribution in [1.29, 1.82) is 0 Å². The third-order valence-corrected chi connectivity index (χ3v) is 3.61. The molecule has 0 spiro atoms. The Kier molecular flexibility index (Phi) is 7.41. The van der Waals surface area contributed by atoms with Gasteiger partial charge in [-0.25, -0.2) is 4.98 Å². The molecular formula is C20H28N4O2. The second-order valence-electron chi connectivity index (χ2n) is 6.63. The van der Waals surface area contributed by atoms with E-state index in [0.717, 1.165) is 19.5 Å². The first-order valence-corrected chi connectivity index (χ1v) is 8.87. The van der Waals surface area contributed by atoms with Crippen molar-refractivity contribution >= 4 is 17.4 Å². The van der Waals surface area contributed by atoms with Crippen LogP contribution in [0.2, 0.25) is 0 Å². The minimum Gasteiger partial charge on any atom is -0.489 e. The van der Waals surface area contributed by atoms with Crippen LogP contribution in [0, 0.1) is 0 Å². The van der Waals surface area contributed by atoms with Crippen LogP contribution >= 0.6 is 0 Å². The molecule has 1 heterocycles. The lowest BCUT2D eigenvalue weighted by Crippen LogP contribution is -2.17. The predicted molar refractivity (Wildman–Crippen MR) is 106 cm³/mol. The fraction of sp³-hybridized carbons (Fsp3) is 0.400. The van der Waals surface area contributed by atoms with E-state index >= 15 is 0 Å². The molecule has 0 aliphatic carbocycles. The van der Waals surface area contributed by atoms with Gasteiger partial charge in [-0.1, -0.05) is 12.1 Å². The molecule has 1 amide bonds. The Balaban J connectivity index is 2.01. The van der Waals surface area contributed by atoms with Gasteiger partial charge in [0, 0.05) is 18.3 Å². The first-order valence-electron chi connectivity index (χ1n) is 8.87. The van der Waals surface area contributed by atoms with E-state index in [4.69, 9.17) is 4.74 Å². The monoisotopic (exact) mass is 356 g/mol. The highest BCUT2D eigenvalue weighted by Crippen LogP contribution is 2.25. The van der Waals surface area contributed by atoms with Crippen molar-refractivity contribution in [3.63, 3.8) is 0 Å². The molecule has 6 heteroatoms. The molecule has 1 aromatic carbocycles. The van der Waals surface area contributed by atoms with Crippen LogP contribution in [-0.2, 0) is 0 Å². The summed E-state index contributed by atoms with van der Waals surface area (Å²) in [7, 11) is 4.09. The number of anilines is 2. The van der Waals surface area contributed by atoms with Gasteiger partial charge in [-0.05, 0) is 65.2 Å². The summed E-state index contributed by atoms with van der Waals surface area (Å²) in [6.45, 7) is 5.71. The minimum atomic E-state index is -0.191. The van der Waals surface area contributed by atoms with Crippen LogP contribution in [0.3, 0.4) is 0 Å². The highest BCUT2D eigenvalue weighted by molar-refractivity contribution is 6.05. The van der Waals surface area contributed by atoms with Gasteiger partial charge in [-0.2, -0.15) is 0 Å². The van der Waals surface area contributed by atoms with Crippen molar-refractivity contribution in [2.45, 2.75) is 26.4 Å². The van der Waals surface area contributed by atoms with Crippen molar-refractivity contribution in [2.24, 2.45) is 0 Å². The van der Waals surface area contributed by atoms with Gasteiger partial charge in [-0.15, -0.1) is 0 Å². The zero-order valence-electron chi connectivity index (χ0n) is 16.0. The smallest absolute Gasteiger partial charge is 0.255 e. The number of ether oxygens (including phenoxy) is 1. The number of hydrogen-bond acceptors (Lipinski definition) is 5. The molecule has 0 bridgehead atoms. The number of amides is 1. The Morgan fingerprint density at radius 1 is 1.23 bits per heavy atom. The van der Waals surface area contributed by atoms with Crippen LogP contribution in [0.15, 0.2) is 42.6 Å². The first kappa shape index (κ1) is 19.7. The number of carbonyl (C=O) groups is 1. The number of nitrogens with one attached hydrogen (secondary N) is 2. The molecule has 140 valence electrons. The molecule has 0 fully saturated rings. The van der Waals surface area contributed by atoms with Crippen LogP contribution in [0.1, 0.15) is 30.6 Å². The Labute approximate surface area is 155 Å². The van der Waals surface area contributed by atoms with Crippen LogP contribution in [0.5, 0.6) is 5.75 Å². The van der Waals surface area contributed by atoms with E-state index in [9.17, 15) is 4.79 Å². The lowest BCUT2D eigenvalue weighted by molar-refractivity contribution is 0.102. The maximum Gasteiger partial charge on any atom is 0.255 e. The van der Waals surface area contributed by atoms with Crippen LogP contribution in [0.25, 0.3) is 0 Å². The Morgan fingerprint density at radius 3 is 2.73 bits per heavy atom. The molecule has 2 N–H and O–H groups in total. The quantitative estimate of drug-likeness (QED) is 0.673. The van der Waals surface area contributed by atoms with Crippen LogP contribution < -0.4 is 15.4 Å². The van der Waals surface area contributed by atoms with Gasteiger partial charge in [0.15, 0.2) is 0 Å². The van der Waals surface area contributed by atoms with Gasteiger partial charge in [0.1, 0.15) is 11.6 Å². The third kappa shape index (κ3) is 6.37. The molecule has 1 aromatic heterocycles. The summed E-state index contributed by atoms with van der Waals surface area (Å²) >= 11 is 0. The summed E-state index contributed by atoms with van der Waals surface area (Å²) in [6, 6.07) is 10.9. The summed E-state index contributed by atoms with van der Waals surface area (Å²) in [5.74, 6) is 1.17. The zero-order valence-corrected chi connectivity index (χ0v) is 16.0. The van der Waals surface area contributed by atoms with Gasteiger partial charge in [0.25, 0.3) is 5.91 Å². The van der Waals surface area contributed by atoms with Gasteiger partial charge in [-0.3, -0.25) is 4.79 Å². The summed E-state index contributed by atoms with van der Waals surface area (Å²) in [5, 5.41) is 6.17. The average molecular weight is 356 g/mol. The maximum atomic E-state index is 12.6. The Hall–Kier alpha value is -2.60. The number of pyridine rings is 1. The number of hydrogen-bond donors (Lipinski definition) is 2. The summed E-state index contributed by atoms with van der Waals surface area (Å²) in [5.41, 5.74) is 1.21. The number of carbonyl (C=O) groups excluding carboxylic acids is 1. The van der Waals surface area contributed by atoms with E-state index < -0.39 is 0 Å². The minimum absolute atomic E-state index is 0.0342. The van der Waals surface area contributed by atoms with E-state index in [2.05, 4.69) is 20.5 Å². The molecule has 2 rings (SSSR count). The fourth-order valence-electron chi connectivity index (χ4n) is 2.40. The van der Waals surface area contributed by atoms with Crippen LogP contribution in [0.4, 0.5) is 11.5 Å². The van der Waals surface area contributed by atoms with Crippen molar-refractivity contribution in [1.82, 2.24) is 9.88 Å². The Bertz CT molecular complexity index is 716. The molecule has 0 atom stereocenters. The largest absolute Gasteiger partial charge is 0.489 e. The van der Waals surface area contributed by atoms with Gasteiger partial charge < -0.3 is 20.3 Å². The van der Waals surface area contributed by atoms with E-state index in [1.165, 1.54) is 0 Å². The number of benzene rings is 1. The van der Waals surface area contributed by atoms with E-state index in [1.807, 2.05) is 52.2 Å². The molecule has 0 saturated heterocycles. The molecule has 26 heavy (non-hydrogen) atoms. The second kappa shape index (κ2) is 9.77. The highest BCUT2D eigenvalue weighted by atomic mass is 16.5. The number of rotatable bonds is 9. The van der Waals surface area contributed by atoms with Gasteiger partial charge in [0.05, 0.1) is 11.8 Å². The van der Waals surface area contributed by atoms with Crippen molar-refractivity contribution < 1.29 is 9.53 Å². The Morgan fingerprint density at radius 2 is 2.00 bits per heavy atom. The molecule has 0 radical (unpaired) electrons. The average Bonchev–Trinajstić information content (AvgIpc) is 2.60. The fourth-order valence-corrected chi connectivity index (χ4v) is 2.40. The lowest BCUT2D eigenvalue weighted by atomic mass is 10.2. The molecule has 0 aliphatic rings. The first-order chi connectivity index (χ1) is 12.5. The number of para-hydroxylation sites is 2. The van der Waals surface area contributed by atoms with Gasteiger partial charge >= 0.3 is 0 Å². The molecule has 0 aliphatic heterocycles. The van der Waals surface area contributed by atoms with E-state index in [0.29, 0.717) is 22.8 Å². The third-order valence-electron chi connectivity index (χ3n) is 3.61. The molecule has 0 saturated carbocycles.